The van der Waals surface area contributed by atoms with Gasteiger partial charge in [-0.1, -0.05) is 0 Å². The number of ether oxygens (including phenoxy) is 4. The van der Waals surface area contributed by atoms with Crippen LogP contribution in [0.15, 0.2) is 0 Å². The second kappa shape index (κ2) is 12.1. The highest BCUT2D eigenvalue weighted by molar-refractivity contribution is 5.74. The zero-order valence-electron chi connectivity index (χ0n) is 18.8. The van der Waals surface area contributed by atoms with E-state index in [0.29, 0.717) is 0 Å². The van der Waals surface area contributed by atoms with Crippen molar-refractivity contribution in [3.05, 3.63) is 0 Å². The highest BCUT2D eigenvalue weighted by Gasteiger charge is 2.52. The number of aliphatic hydroxyl groups is 5. The van der Waals surface area contributed by atoms with Crippen molar-refractivity contribution >= 4 is 17.8 Å². The molecule has 2 amide bonds. The first-order chi connectivity index (χ1) is 15.9. The standard InChI is InChI=1S/C19H32N2O13/c1-6(17(28)29)31-16-12(21-8(3)25)18(30)32-10(5-23)15(16)34-19-11(20-7(2)24)14(27)13(26)9(4-22)33-19/h6,9-16,18-19,22-23,26-27,30H,4-5H2,1-3H3,(H,20,24)(H,21,25)(H,28,29)/t6-,9-,10-,11-,12-,13-,14-,15-,16-,18+,19+/m0/s1. The topological polar surface area (TPSA) is 234 Å². The van der Waals surface area contributed by atoms with Crippen molar-refractivity contribution in [1.29, 1.82) is 0 Å². The molecule has 15 heteroatoms. The molecule has 0 unspecified atom stereocenters. The zero-order chi connectivity index (χ0) is 25.7. The second-order valence-corrected chi connectivity index (χ2v) is 8.09. The van der Waals surface area contributed by atoms with Crippen LogP contribution in [-0.2, 0) is 33.3 Å². The molecule has 0 spiro atoms. The average molecular weight is 496 g/mol. The van der Waals surface area contributed by atoms with Crippen molar-refractivity contribution in [3.8, 4) is 0 Å². The maximum atomic E-state index is 11.7. The van der Waals surface area contributed by atoms with E-state index in [-0.39, 0.29) is 0 Å². The lowest BCUT2D eigenvalue weighted by molar-refractivity contribution is -0.333. The summed E-state index contributed by atoms with van der Waals surface area (Å²) in [6.45, 7) is 2.00. The molecule has 11 atom stereocenters. The van der Waals surface area contributed by atoms with E-state index >= 15 is 0 Å². The molecule has 2 heterocycles. The predicted octanol–water partition coefficient (Wildman–Crippen LogP) is -4.61. The van der Waals surface area contributed by atoms with Crippen molar-refractivity contribution in [3.63, 3.8) is 0 Å². The summed E-state index contributed by atoms with van der Waals surface area (Å²) in [5.74, 6) is -2.60. The normalized spacial score (nSPS) is 39.2. The summed E-state index contributed by atoms with van der Waals surface area (Å²) in [6, 6.07) is -2.71. The summed E-state index contributed by atoms with van der Waals surface area (Å²) in [7, 11) is 0. The molecule has 0 aliphatic carbocycles. The van der Waals surface area contributed by atoms with Gasteiger partial charge in [0.1, 0.15) is 48.7 Å². The fourth-order valence-electron chi connectivity index (χ4n) is 3.82. The summed E-state index contributed by atoms with van der Waals surface area (Å²) in [6.07, 6.45) is -13.5. The molecule has 2 fully saturated rings. The Kier molecular flexibility index (Phi) is 10.1. The predicted molar refractivity (Wildman–Crippen MR) is 108 cm³/mol. The largest absolute Gasteiger partial charge is 0.479 e. The zero-order valence-corrected chi connectivity index (χ0v) is 18.8. The van der Waals surface area contributed by atoms with Gasteiger partial charge in [0.2, 0.25) is 11.8 Å². The third kappa shape index (κ3) is 6.59. The van der Waals surface area contributed by atoms with E-state index in [4.69, 9.17) is 18.9 Å². The molecule has 15 nitrogen and oxygen atoms in total. The maximum Gasteiger partial charge on any atom is 0.332 e. The average Bonchev–Trinajstić information content (AvgIpc) is 2.76. The molecule has 0 aromatic rings. The quantitative estimate of drug-likeness (QED) is 0.150. The molecule has 0 radical (unpaired) electrons. The minimum atomic E-state index is -1.72. The lowest BCUT2D eigenvalue weighted by Gasteiger charge is -2.48. The molecule has 8 N–H and O–H groups in total. The van der Waals surface area contributed by atoms with Crippen molar-refractivity contribution in [1.82, 2.24) is 10.6 Å². The summed E-state index contributed by atoms with van der Waals surface area (Å²) < 4.78 is 22.3. The van der Waals surface area contributed by atoms with Crippen LogP contribution in [0.3, 0.4) is 0 Å². The van der Waals surface area contributed by atoms with Crippen LogP contribution in [0.1, 0.15) is 20.8 Å². The molecule has 0 bridgehead atoms. The van der Waals surface area contributed by atoms with E-state index in [1.54, 1.807) is 0 Å². The summed E-state index contributed by atoms with van der Waals surface area (Å²) >= 11 is 0. The van der Waals surface area contributed by atoms with Crippen LogP contribution in [0.5, 0.6) is 0 Å². The van der Waals surface area contributed by atoms with Crippen molar-refractivity contribution in [2.45, 2.75) is 88.2 Å². The number of carbonyl (C=O) groups excluding carboxylic acids is 2. The Morgan fingerprint density at radius 2 is 1.44 bits per heavy atom. The third-order valence-electron chi connectivity index (χ3n) is 5.47. The summed E-state index contributed by atoms with van der Waals surface area (Å²) in [5, 5.41) is 64.4. The number of rotatable bonds is 9. The molecule has 2 rings (SSSR count). The molecule has 2 saturated heterocycles. The first kappa shape index (κ1) is 28.3. The van der Waals surface area contributed by atoms with Gasteiger partial charge in [-0.05, 0) is 6.92 Å². The van der Waals surface area contributed by atoms with E-state index in [1.807, 2.05) is 0 Å². The molecule has 0 aromatic heterocycles. The number of aliphatic carboxylic acids is 1. The Morgan fingerprint density at radius 3 is 1.94 bits per heavy atom. The van der Waals surface area contributed by atoms with Crippen LogP contribution in [-0.4, -0.2) is 129 Å². The van der Waals surface area contributed by atoms with Gasteiger partial charge in [-0.25, -0.2) is 4.79 Å². The van der Waals surface area contributed by atoms with Crippen molar-refractivity contribution in [2.75, 3.05) is 13.2 Å². The summed E-state index contributed by atoms with van der Waals surface area (Å²) in [4.78, 5) is 34.8. The van der Waals surface area contributed by atoms with Crippen molar-refractivity contribution in [2.24, 2.45) is 0 Å². The van der Waals surface area contributed by atoms with E-state index < -0.39 is 98.4 Å². The van der Waals surface area contributed by atoms with Gasteiger partial charge in [0, 0.05) is 13.8 Å². The summed E-state index contributed by atoms with van der Waals surface area (Å²) in [5.41, 5.74) is 0. The third-order valence-corrected chi connectivity index (χ3v) is 5.47. The van der Waals surface area contributed by atoms with Crippen LogP contribution in [0.2, 0.25) is 0 Å². The lowest BCUT2D eigenvalue weighted by atomic mass is 9.94. The number of hydrogen-bond acceptors (Lipinski definition) is 12. The van der Waals surface area contributed by atoms with E-state index in [2.05, 4.69) is 10.6 Å². The Balaban J connectivity index is 2.44. The number of amides is 2. The molecule has 0 saturated carbocycles. The molecule has 196 valence electrons. The van der Waals surface area contributed by atoms with Gasteiger partial charge in [0.15, 0.2) is 18.7 Å². The SMILES string of the molecule is CC(=O)N[C@@H]1[C@@H](O[C@@H]2[C@@H](O[C@@H](C)C(=O)O)[C@H](NC(C)=O)[C@H](O)O[C@H]2CO)O[C@@H](CO)[C@H](O)[C@H]1O. The van der Waals surface area contributed by atoms with Gasteiger partial charge in [-0.2, -0.15) is 0 Å². The number of carboxylic acid groups (broad SMARTS) is 1. The van der Waals surface area contributed by atoms with Gasteiger partial charge in [0.25, 0.3) is 0 Å². The lowest BCUT2D eigenvalue weighted by Crippen LogP contribution is -2.69. The minimum Gasteiger partial charge on any atom is -0.479 e. The number of carboxylic acids is 1. The second-order valence-electron chi connectivity index (χ2n) is 8.09. The van der Waals surface area contributed by atoms with Gasteiger partial charge < -0.3 is 60.2 Å². The Labute approximate surface area is 194 Å². The van der Waals surface area contributed by atoms with Gasteiger partial charge in [-0.3, -0.25) is 9.59 Å². The van der Waals surface area contributed by atoms with Crippen LogP contribution in [0, 0.1) is 0 Å². The van der Waals surface area contributed by atoms with E-state index in [0.717, 1.165) is 13.8 Å². The van der Waals surface area contributed by atoms with Gasteiger partial charge >= 0.3 is 5.97 Å². The maximum absolute atomic E-state index is 11.7. The number of aliphatic hydroxyl groups excluding tert-OH is 5. The minimum absolute atomic E-state index is 0.616. The fourth-order valence-corrected chi connectivity index (χ4v) is 3.82. The monoisotopic (exact) mass is 496 g/mol. The molecule has 0 aromatic carbocycles. The number of hydrogen-bond donors (Lipinski definition) is 8. The molecule has 2 aliphatic heterocycles. The Bertz CT molecular complexity index is 724. The molecular formula is C19H32N2O13. The first-order valence-electron chi connectivity index (χ1n) is 10.6. The van der Waals surface area contributed by atoms with Crippen LogP contribution in [0.25, 0.3) is 0 Å². The smallest absolute Gasteiger partial charge is 0.332 e. The van der Waals surface area contributed by atoms with Crippen molar-refractivity contribution < 1.29 is 64.0 Å². The van der Waals surface area contributed by atoms with Gasteiger partial charge in [-0.15, -0.1) is 0 Å². The van der Waals surface area contributed by atoms with E-state index in [9.17, 15) is 45.0 Å². The Hall–Kier alpha value is -1.95. The highest BCUT2D eigenvalue weighted by atomic mass is 16.7. The molecule has 34 heavy (non-hydrogen) atoms. The number of carbonyl (C=O) groups is 3. The number of nitrogens with one attached hydrogen (secondary N) is 2. The van der Waals surface area contributed by atoms with E-state index in [1.165, 1.54) is 6.92 Å². The van der Waals surface area contributed by atoms with Crippen LogP contribution < -0.4 is 10.6 Å². The highest BCUT2D eigenvalue weighted by Crippen LogP contribution is 2.30. The first-order valence-corrected chi connectivity index (χ1v) is 10.6. The van der Waals surface area contributed by atoms with Crippen LogP contribution >= 0.6 is 0 Å². The van der Waals surface area contributed by atoms with Gasteiger partial charge in [0.05, 0.1) is 13.2 Å². The molecular weight excluding hydrogens is 464 g/mol. The molecule has 2 aliphatic rings. The van der Waals surface area contributed by atoms with Crippen LogP contribution in [0.4, 0.5) is 0 Å². The fraction of sp³-hybridized carbons (Fsp3) is 0.842. The Morgan fingerprint density at radius 1 is 0.882 bits per heavy atom.